The molecule has 1 aromatic carbocycles. The number of hydrogen-bond acceptors (Lipinski definition) is 2. The van der Waals surface area contributed by atoms with Crippen LogP contribution in [0.1, 0.15) is 35.7 Å². The number of carboxylic acids is 1. The van der Waals surface area contributed by atoms with E-state index < -0.39 is 5.97 Å². The molecule has 0 aromatic heterocycles. The first-order valence-corrected chi connectivity index (χ1v) is 6.87. The molecule has 108 valence electrons. The second kappa shape index (κ2) is 5.94. The summed E-state index contributed by atoms with van der Waals surface area (Å²) in [5, 5.41) is 11.8. The number of benzene rings is 1. The molecule has 0 unspecified atom stereocenters. The molecule has 1 aliphatic rings. The number of piperidine rings is 1. The summed E-state index contributed by atoms with van der Waals surface area (Å²) in [4.78, 5) is 24.8. The van der Waals surface area contributed by atoms with Crippen molar-refractivity contribution in [3.63, 3.8) is 0 Å². The fraction of sp³-hybridized carbons (Fsp3) is 0.467. The van der Waals surface area contributed by atoms with E-state index >= 15 is 0 Å². The third-order valence-electron chi connectivity index (χ3n) is 3.78. The van der Waals surface area contributed by atoms with Gasteiger partial charge in [-0.1, -0.05) is 6.92 Å². The normalized spacial score (nSPS) is 16.0. The van der Waals surface area contributed by atoms with Crippen LogP contribution in [0.25, 0.3) is 0 Å². The maximum Gasteiger partial charge on any atom is 0.335 e. The standard InChI is InChI=1S/C15H20N2O3/c1-10-5-7-17(8-6-10)15(20)16-12-3-4-13(14(18)19)11(2)9-12/h3-4,9-10H,5-8H2,1-2H3,(H,16,20)(H,18,19). The number of carbonyl (C=O) groups is 2. The number of anilines is 1. The first-order valence-electron chi connectivity index (χ1n) is 6.87. The second-order valence-corrected chi connectivity index (χ2v) is 5.43. The molecule has 0 aliphatic carbocycles. The topological polar surface area (TPSA) is 69.6 Å². The van der Waals surface area contributed by atoms with Crippen LogP contribution in [-0.2, 0) is 0 Å². The number of rotatable bonds is 2. The van der Waals surface area contributed by atoms with E-state index in [-0.39, 0.29) is 11.6 Å². The molecule has 20 heavy (non-hydrogen) atoms. The largest absolute Gasteiger partial charge is 0.478 e. The summed E-state index contributed by atoms with van der Waals surface area (Å²) in [6, 6.07) is 4.72. The van der Waals surface area contributed by atoms with Crippen molar-refractivity contribution in [3.8, 4) is 0 Å². The molecule has 2 amide bonds. The van der Waals surface area contributed by atoms with Crippen LogP contribution >= 0.6 is 0 Å². The predicted octanol–water partition coefficient (Wildman–Crippen LogP) is 2.96. The zero-order valence-corrected chi connectivity index (χ0v) is 11.8. The van der Waals surface area contributed by atoms with Gasteiger partial charge in [0.1, 0.15) is 0 Å². The highest BCUT2D eigenvalue weighted by atomic mass is 16.4. The highest BCUT2D eigenvalue weighted by Crippen LogP contribution is 2.19. The highest BCUT2D eigenvalue weighted by Gasteiger charge is 2.20. The minimum atomic E-state index is -0.953. The Kier molecular flexibility index (Phi) is 4.27. The Labute approximate surface area is 118 Å². The van der Waals surface area contributed by atoms with Crippen molar-refractivity contribution in [1.82, 2.24) is 4.90 Å². The van der Waals surface area contributed by atoms with Crippen molar-refractivity contribution >= 4 is 17.7 Å². The number of carbonyl (C=O) groups excluding carboxylic acids is 1. The first kappa shape index (κ1) is 14.4. The molecule has 0 atom stereocenters. The Morgan fingerprint density at radius 2 is 1.95 bits per heavy atom. The van der Waals surface area contributed by atoms with Gasteiger partial charge in [-0.25, -0.2) is 9.59 Å². The molecule has 0 spiro atoms. The van der Waals surface area contributed by atoms with E-state index in [4.69, 9.17) is 5.11 Å². The van der Waals surface area contributed by atoms with E-state index in [0.29, 0.717) is 17.2 Å². The van der Waals surface area contributed by atoms with Gasteiger partial charge in [-0.3, -0.25) is 0 Å². The summed E-state index contributed by atoms with van der Waals surface area (Å²) >= 11 is 0. The number of carboxylic acid groups (broad SMARTS) is 1. The van der Waals surface area contributed by atoms with Gasteiger partial charge >= 0.3 is 12.0 Å². The summed E-state index contributed by atoms with van der Waals surface area (Å²) in [5.74, 6) is -0.276. The number of likely N-dealkylation sites (tertiary alicyclic amines) is 1. The Hall–Kier alpha value is -2.04. The minimum absolute atomic E-state index is 0.112. The van der Waals surface area contributed by atoms with Crippen molar-refractivity contribution in [2.45, 2.75) is 26.7 Å². The van der Waals surface area contributed by atoms with E-state index in [1.807, 2.05) is 0 Å². The van der Waals surface area contributed by atoms with Crippen LogP contribution in [0.3, 0.4) is 0 Å². The number of aryl methyl sites for hydroxylation is 1. The fourth-order valence-electron chi connectivity index (χ4n) is 2.40. The number of aromatic carboxylic acids is 1. The van der Waals surface area contributed by atoms with E-state index in [1.54, 1.807) is 24.0 Å². The average Bonchev–Trinajstić information content (AvgIpc) is 2.39. The lowest BCUT2D eigenvalue weighted by atomic mass is 10.00. The zero-order valence-electron chi connectivity index (χ0n) is 11.8. The maximum atomic E-state index is 12.1. The first-order chi connectivity index (χ1) is 9.47. The van der Waals surface area contributed by atoms with Crippen molar-refractivity contribution in [3.05, 3.63) is 29.3 Å². The smallest absolute Gasteiger partial charge is 0.335 e. The van der Waals surface area contributed by atoms with Gasteiger partial charge < -0.3 is 15.3 Å². The zero-order chi connectivity index (χ0) is 14.7. The molecule has 0 bridgehead atoms. The quantitative estimate of drug-likeness (QED) is 0.872. The molecule has 5 nitrogen and oxygen atoms in total. The van der Waals surface area contributed by atoms with Crippen LogP contribution < -0.4 is 5.32 Å². The Morgan fingerprint density at radius 1 is 1.30 bits per heavy atom. The Morgan fingerprint density at radius 3 is 2.50 bits per heavy atom. The molecular weight excluding hydrogens is 256 g/mol. The van der Waals surface area contributed by atoms with Crippen LogP contribution in [0.4, 0.5) is 10.5 Å². The summed E-state index contributed by atoms with van der Waals surface area (Å²) < 4.78 is 0. The molecule has 1 heterocycles. The Bertz CT molecular complexity index is 520. The average molecular weight is 276 g/mol. The van der Waals surface area contributed by atoms with Crippen LogP contribution in [-0.4, -0.2) is 35.1 Å². The lowest BCUT2D eigenvalue weighted by molar-refractivity contribution is 0.0696. The van der Waals surface area contributed by atoms with Crippen molar-refractivity contribution in [2.75, 3.05) is 18.4 Å². The van der Waals surface area contributed by atoms with Gasteiger partial charge in [-0.2, -0.15) is 0 Å². The molecule has 1 saturated heterocycles. The number of nitrogens with zero attached hydrogens (tertiary/aromatic N) is 1. The molecule has 2 rings (SSSR count). The molecule has 2 N–H and O–H groups in total. The second-order valence-electron chi connectivity index (χ2n) is 5.43. The van der Waals surface area contributed by atoms with E-state index in [0.717, 1.165) is 25.9 Å². The van der Waals surface area contributed by atoms with E-state index in [2.05, 4.69) is 12.2 Å². The van der Waals surface area contributed by atoms with Gasteiger partial charge in [-0.05, 0) is 49.4 Å². The van der Waals surface area contributed by atoms with Gasteiger partial charge in [0.2, 0.25) is 0 Å². The third-order valence-corrected chi connectivity index (χ3v) is 3.78. The van der Waals surface area contributed by atoms with E-state index in [1.165, 1.54) is 6.07 Å². The van der Waals surface area contributed by atoms with Gasteiger partial charge in [0.05, 0.1) is 5.56 Å². The van der Waals surface area contributed by atoms with Crippen LogP contribution in [0.5, 0.6) is 0 Å². The summed E-state index contributed by atoms with van der Waals surface area (Å²) in [6.07, 6.45) is 2.06. The maximum absolute atomic E-state index is 12.1. The molecule has 5 heteroatoms. The van der Waals surface area contributed by atoms with Gasteiger partial charge in [0.25, 0.3) is 0 Å². The number of urea groups is 1. The van der Waals surface area contributed by atoms with Crippen molar-refractivity contribution < 1.29 is 14.7 Å². The molecular formula is C15H20N2O3. The van der Waals surface area contributed by atoms with Crippen molar-refractivity contribution in [2.24, 2.45) is 5.92 Å². The molecule has 0 saturated carbocycles. The number of nitrogens with one attached hydrogen (secondary N) is 1. The molecule has 1 aliphatic heterocycles. The SMILES string of the molecule is Cc1cc(NC(=O)N2CCC(C)CC2)ccc1C(=O)O. The van der Waals surface area contributed by atoms with E-state index in [9.17, 15) is 9.59 Å². The van der Waals surface area contributed by atoms with Gasteiger partial charge in [0, 0.05) is 18.8 Å². The van der Waals surface area contributed by atoms with Gasteiger partial charge in [0.15, 0.2) is 0 Å². The number of amides is 2. The summed E-state index contributed by atoms with van der Waals surface area (Å²) in [6.45, 7) is 5.48. The van der Waals surface area contributed by atoms with Crippen LogP contribution in [0.2, 0.25) is 0 Å². The number of hydrogen-bond donors (Lipinski definition) is 2. The minimum Gasteiger partial charge on any atom is -0.478 e. The predicted molar refractivity (Wildman–Crippen MR) is 77.1 cm³/mol. The van der Waals surface area contributed by atoms with Crippen molar-refractivity contribution in [1.29, 1.82) is 0 Å². The molecule has 1 fully saturated rings. The van der Waals surface area contributed by atoms with Gasteiger partial charge in [-0.15, -0.1) is 0 Å². The van der Waals surface area contributed by atoms with Crippen LogP contribution in [0, 0.1) is 12.8 Å². The fourth-order valence-corrected chi connectivity index (χ4v) is 2.40. The lowest BCUT2D eigenvalue weighted by Crippen LogP contribution is -2.40. The third kappa shape index (κ3) is 3.29. The monoisotopic (exact) mass is 276 g/mol. The molecule has 0 radical (unpaired) electrons. The highest BCUT2D eigenvalue weighted by molar-refractivity contribution is 5.92. The summed E-state index contributed by atoms with van der Waals surface area (Å²) in [5.41, 5.74) is 1.54. The Balaban J connectivity index is 2.01. The lowest BCUT2D eigenvalue weighted by Gasteiger charge is -2.30. The summed E-state index contributed by atoms with van der Waals surface area (Å²) in [7, 11) is 0. The van der Waals surface area contributed by atoms with Crippen LogP contribution in [0.15, 0.2) is 18.2 Å². The molecule has 1 aromatic rings.